The second-order valence-electron chi connectivity index (χ2n) is 2.69. The molecule has 2 heterocycles. The van der Waals surface area contributed by atoms with Crippen molar-refractivity contribution in [2.75, 3.05) is 13.1 Å². The van der Waals surface area contributed by atoms with Crippen LogP contribution in [0.25, 0.3) is 0 Å². The van der Waals surface area contributed by atoms with Crippen LogP contribution in [0.4, 0.5) is 0 Å². The maximum Gasteiger partial charge on any atom is 0.0256 e. The molecular weight excluding hydrogens is 100 g/mol. The van der Waals surface area contributed by atoms with E-state index in [9.17, 15) is 0 Å². The lowest BCUT2D eigenvalue weighted by Gasteiger charge is -2.12. The summed E-state index contributed by atoms with van der Waals surface area (Å²) in [6.45, 7) is 2.50. The predicted octanol–water partition coefficient (Wildman–Crippen LogP) is 0.359. The van der Waals surface area contributed by atoms with Crippen LogP contribution in [0.2, 0.25) is 0 Å². The van der Waals surface area contributed by atoms with Crippen molar-refractivity contribution >= 4 is 0 Å². The zero-order valence-electron chi connectivity index (χ0n) is 5.06. The van der Waals surface area contributed by atoms with E-state index >= 15 is 0 Å². The van der Waals surface area contributed by atoms with Gasteiger partial charge < -0.3 is 0 Å². The van der Waals surface area contributed by atoms with Crippen molar-refractivity contribution in [2.24, 2.45) is 0 Å². The maximum absolute atomic E-state index is 3.35. The van der Waals surface area contributed by atoms with E-state index in [0.717, 1.165) is 6.04 Å². The molecule has 2 fully saturated rings. The summed E-state index contributed by atoms with van der Waals surface area (Å²) in [5.74, 6) is 0. The quantitative estimate of drug-likeness (QED) is 0.486. The van der Waals surface area contributed by atoms with Crippen LogP contribution >= 0.6 is 0 Å². The molecule has 0 spiro atoms. The molecule has 0 aliphatic carbocycles. The van der Waals surface area contributed by atoms with Crippen LogP contribution in [-0.4, -0.2) is 24.1 Å². The molecule has 1 atom stereocenters. The molecule has 0 aromatic rings. The Morgan fingerprint density at radius 3 is 3.25 bits per heavy atom. The molecule has 0 saturated carbocycles. The number of fused-ring (bicyclic) bond motifs is 1. The highest BCUT2D eigenvalue weighted by molar-refractivity contribution is 4.81. The van der Waals surface area contributed by atoms with Gasteiger partial charge in [0.2, 0.25) is 0 Å². The van der Waals surface area contributed by atoms with E-state index in [1.807, 2.05) is 0 Å². The minimum Gasteiger partial charge on any atom is -0.255 e. The van der Waals surface area contributed by atoms with Crippen molar-refractivity contribution in [2.45, 2.75) is 25.3 Å². The first-order valence-corrected chi connectivity index (χ1v) is 3.47. The number of hydrazine groups is 1. The van der Waals surface area contributed by atoms with E-state index in [1.54, 1.807) is 0 Å². The molecule has 0 aromatic carbocycles. The van der Waals surface area contributed by atoms with Crippen LogP contribution in [0, 0.1) is 0 Å². The standard InChI is InChI=1S/C6H12N2/c1-2-6-3-4-7-8(6)5-1/h6-7H,1-5H2. The van der Waals surface area contributed by atoms with E-state index in [-0.39, 0.29) is 0 Å². The monoisotopic (exact) mass is 112 g/mol. The predicted molar refractivity (Wildman–Crippen MR) is 32.3 cm³/mol. The third-order valence-electron chi connectivity index (χ3n) is 2.17. The van der Waals surface area contributed by atoms with Crippen LogP contribution in [0.5, 0.6) is 0 Å². The first-order valence-electron chi connectivity index (χ1n) is 3.47. The van der Waals surface area contributed by atoms with Gasteiger partial charge in [-0.25, -0.2) is 5.01 Å². The van der Waals surface area contributed by atoms with Gasteiger partial charge in [0.25, 0.3) is 0 Å². The summed E-state index contributed by atoms with van der Waals surface area (Å²) in [5.41, 5.74) is 3.35. The summed E-state index contributed by atoms with van der Waals surface area (Å²) in [6, 6.07) is 0.898. The van der Waals surface area contributed by atoms with Crippen LogP contribution < -0.4 is 5.43 Å². The summed E-state index contributed by atoms with van der Waals surface area (Å²) in [6.07, 6.45) is 4.20. The summed E-state index contributed by atoms with van der Waals surface area (Å²) in [5, 5.41) is 2.39. The second kappa shape index (κ2) is 1.71. The molecule has 0 amide bonds. The Balaban J connectivity index is 2.04. The van der Waals surface area contributed by atoms with Crippen LogP contribution in [0.15, 0.2) is 0 Å². The number of hydrogen-bond acceptors (Lipinski definition) is 2. The van der Waals surface area contributed by atoms with Gasteiger partial charge in [-0.05, 0) is 19.3 Å². The third kappa shape index (κ3) is 0.565. The van der Waals surface area contributed by atoms with Gasteiger partial charge in [0, 0.05) is 19.1 Å². The van der Waals surface area contributed by atoms with Gasteiger partial charge in [-0.1, -0.05) is 0 Å². The fraction of sp³-hybridized carbons (Fsp3) is 1.00. The lowest BCUT2D eigenvalue weighted by Crippen LogP contribution is -2.31. The van der Waals surface area contributed by atoms with E-state index in [1.165, 1.54) is 32.4 Å². The van der Waals surface area contributed by atoms with Gasteiger partial charge in [-0.2, -0.15) is 0 Å². The highest BCUT2D eigenvalue weighted by Gasteiger charge is 2.27. The molecule has 0 bridgehead atoms. The molecule has 2 rings (SSSR count). The zero-order valence-corrected chi connectivity index (χ0v) is 5.06. The highest BCUT2D eigenvalue weighted by atomic mass is 15.5. The number of rotatable bonds is 0. The normalized spacial score (nSPS) is 38.2. The van der Waals surface area contributed by atoms with Gasteiger partial charge in [-0.15, -0.1) is 0 Å². The molecule has 46 valence electrons. The molecular formula is C6H12N2. The van der Waals surface area contributed by atoms with Crippen molar-refractivity contribution in [1.29, 1.82) is 0 Å². The van der Waals surface area contributed by atoms with Crippen molar-refractivity contribution in [1.82, 2.24) is 10.4 Å². The minimum atomic E-state index is 0.898. The van der Waals surface area contributed by atoms with E-state index in [0.29, 0.717) is 0 Å². The van der Waals surface area contributed by atoms with Crippen molar-refractivity contribution in [3.63, 3.8) is 0 Å². The Morgan fingerprint density at radius 2 is 2.38 bits per heavy atom. The molecule has 8 heavy (non-hydrogen) atoms. The van der Waals surface area contributed by atoms with Gasteiger partial charge in [-0.3, -0.25) is 5.43 Å². The van der Waals surface area contributed by atoms with Crippen LogP contribution in [-0.2, 0) is 0 Å². The SMILES string of the molecule is C1CC2CCNN2C1. The lowest BCUT2D eigenvalue weighted by molar-refractivity contribution is 0.243. The Kier molecular flexibility index (Phi) is 1.02. The van der Waals surface area contributed by atoms with Crippen LogP contribution in [0.1, 0.15) is 19.3 Å². The Morgan fingerprint density at radius 1 is 1.38 bits per heavy atom. The van der Waals surface area contributed by atoms with Gasteiger partial charge in [0.1, 0.15) is 0 Å². The molecule has 2 aliphatic heterocycles. The third-order valence-corrected chi connectivity index (χ3v) is 2.17. The molecule has 0 aromatic heterocycles. The summed E-state index contributed by atoms with van der Waals surface area (Å²) in [7, 11) is 0. The highest BCUT2D eigenvalue weighted by Crippen LogP contribution is 2.20. The number of nitrogens with one attached hydrogen (secondary N) is 1. The Labute approximate surface area is 49.8 Å². The van der Waals surface area contributed by atoms with E-state index in [4.69, 9.17) is 0 Å². The number of hydrogen-bond donors (Lipinski definition) is 1. The fourth-order valence-electron chi connectivity index (χ4n) is 1.72. The zero-order chi connectivity index (χ0) is 5.40. The topological polar surface area (TPSA) is 15.3 Å². The maximum atomic E-state index is 3.35. The smallest absolute Gasteiger partial charge is 0.0256 e. The summed E-state index contributed by atoms with van der Waals surface area (Å²) < 4.78 is 0. The molecule has 2 aliphatic rings. The molecule has 2 saturated heterocycles. The Hall–Kier alpha value is -0.0800. The average Bonchev–Trinajstić information content (AvgIpc) is 2.15. The number of nitrogens with zero attached hydrogens (tertiary/aromatic N) is 1. The molecule has 1 unspecified atom stereocenters. The summed E-state index contributed by atoms with van der Waals surface area (Å²) in [4.78, 5) is 0. The van der Waals surface area contributed by atoms with E-state index in [2.05, 4.69) is 10.4 Å². The lowest BCUT2D eigenvalue weighted by atomic mass is 10.2. The molecule has 1 N–H and O–H groups in total. The molecule has 0 radical (unpaired) electrons. The van der Waals surface area contributed by atoms with E-state index < -0.39 is 0 Å². The largest absolute Gasteiger partial charge is 0.255 e. The Bertz CT molecular complexity index is 72.5. The fourth-order valence-corrected chi connectivity index (χ4v) is 1.72. The van der Waals surface area contributed by atoms with Gasteiger partial charge in [0.15, 0.2) is 0 Å². The second-order valence-corrected chi connectivity index (χ2v) is 2.69. The molecule has 2 nitrogen and oxygen atoms in total. The first-order chi connectivity index (χ1) is 3.97. The molecule has 2 heteroatoms. The van der Waals surface area contributed by atoms with Crippen molar-refractivity contribution in [3.05, 3.63) is 0 Å². The summed E-state index contributed by atoms with van der Waals surface area (Å²) >= 11 is 0. The minimum absolute atomic E-state index is 0.898. The average molecular weight is 112 g/mol. The van der Waals surface area contributed by atoms with Crippen molar-refractivity contribution < 1.29 is 0 Å². The first kappa shape index (κ1) is 4.77. The van der Waals surface area contributed by atoms with Crippen molar-refractivity contribution in [3.8, 4) is 0 Å². The van der Waals surface area contributed by atoms with Gasteiger partial charge >= 0.3 is 0 Å². The van der Waals surface area contributed by atoms with Crippen LogP contribution in [0.3, 0.4) is 0 Å². The van der Waals surface area contributed by atoms with Gasteiger partial charge in [0.05, 0.1) is 0 Å².